The van der Waals surface area contributed by atoms with Crippen LogP contribution in [0.5, 0.6) is 5.75 Å². The molecule has 0 spiro atoms. The zero-order chi connectivity index (χ0) is 15.2. The molecular formula is C16H19N3O2. The SMILES string of the molecule is Cc1ncc(C(=O)Nc2ccc3c(c2)CC(C)(C)O3)n1C. The van der Waals surface area contributed by atoms with Crippen molar-refractivity contribution in [1.29, 1.82) is 0 Å². The first-order chi connectivity index (χ1) is 9.85. The lowest BCUT2D eigenvalue weighted by Crippen LogP contribution is -2.24. The summed E-state index contributed by atoms with van der Waals surface area (Å²) in [4.78, 5) is 16.4. The minimum Gasteiger partial charge on any atom is -0.487 e. The molecule has 0 bridgehead atoms. The van der Waals surface area contributed by atoms with E-state index in [-0.39, 0.29) is 11.5 Å². The summed E-state index contributed by atoms with van der Waals surface area (Å²) in [5.41, 5.74) is 2.27. The van der Waals surface area contributed by atoms with Crippen LogP contribution in [0.25, 0.3) is 0 Å². The molecule has 0 saturated carbocycles. The molecule has 21 heavy (non-hydrogen) atoms. The quantitative estimate of drug-likeness (QED) is 0.923. The van der Waals surface area contributed by atoms with E-state index in [9.17, 15) is 4.79 Å². The van der Waals surface area contributed by atoms with E-state index >= 15 is 0 Å². The van der Waals surface area contributed by atoms with Gasteiger partial charge >= 0.3 is 0 Å². The fourth-order valence-corrected chi connectivity index (χ4v) is 2.60. The number of rotatable bonds is 2. The molecule has 2 heterocycles. The molecule has 0 aliphatic carbocycles. The first-order valence-electron chi connectivity index (χ1n) is 6.97. The van der Waals surface area contributed by atoms with Crippen molar-refractivity contribution in [3.8, 4) is 5.75 Å². The van der Waals surface area contributed by atoms with Gasteiger partial charge in [-0.3, -0.25) is 4.79 Å². The van der Waals surface area contributed by atoms with Gasteiger partial charge in [-0.05, 0) is 39.0 Å². The summed E-state index contributed by atoms with van der Waals surface area (Å²) in [7, 11) is 1.83. The van der Waals surface area contributed by atoms with Crippen LogP contribution in [0.15, 0.2) is 24.4 Å². The number of aryl methyl sites for hydroxylation is 1. The molecule has 1 aliphatic heterocycles. The number of nitrogens with zero attached hydrogens (tertiary/aromatic N) is 2. The second kappa shape index (κ2) is 4.62. The van der Waals surface area contributed by atoms with Gasteiger partial charge in [0.05, 0.1) is 6.20 Å². The van der Waals surface area contributed by atoms with Crippen LogP contribution < -0.4 is 10.1 Å². The smallest absolute Gasteiger partial charge is 0.273 e. The lowest BCUT2D eigenvalue weighted by molar-refractivity contribution is 0.101. The van der Waals surface area contributed by atoms with E-state index in [0.717, 1.165) is 29.2 Å². The molecule has 0 fully saturated rings. The van der Waals surface area contributed by atoms with Crippen LogP contribution in [0, 0.1) is 6.92 Å². The van der Waals surface area contributed by atoms with Gasteiger partial charge in [0.2, 0.25) is 0 Å². The Bertz CT molecular complexity index is 716. The summed E-state index contributed by atoms with van der Waals surface area (Å²) in [5.74, 6) is 1.55. The van der Waals surface area contributed by atoms with Gasteiger partial charge in [-0.2, -0.15) is 0 Å². The molecule has 3 rings (SSSR count). The van der Waals surface area contributed by atoms with Gasteiger partial charge in [0, 0.05) is 24.7 Å². The molecule has 5 heteroatoms. The Morgan fingerprint density at radius 1 is 1.43 bits per heavy atom. The van der Waals surface area contributed by atoms with Gasteiger partial charge in [0.25, 0.3) is 5.91 Å². The van der Waals surface area contributed by atoms with E-state index in [0.29, 0.717) is 5.69 Å². The minimum atomic E-state index is -0.176. The van der Waals surface area contributed by atoms with E-state index < -0.39 is 0 Å². The van der Waals surface area contributed by atoms with Gasteiger partial charge in [0.1, 0.15) is 22.9 Å². The number of nitrogens with one attached hydrogen (secondary N) is 1. The second-order valence-corrected chi connectivity index (χ2v) is 6.06. The highest BCUT2D eigenvalue weighted by atomic mass is 16.5. The Morgan fingerprint density at radius 2 is 2.19 bits per heavy atom. The first-order valence-corrected chi connectivity index (χ1v) is 6.97. The monoisotopic (exact) mass is 285 g/mol. The summed E-state index contributed by atoms with van der Waals surface area (Å²) in [6.07, 6.45) is 2.43. The molecule has 0 unspecified atom stereocenters. The number of carbonyl (C=O) groups excluding carboxylic acids is 1. The molecule has 0 atom stereocenters. The number of carbonyl (C=O) groups is 1. The third kappa shape index (κ3) is 2.51. The molecular weight excluding hydrogens is 266 g/mol. The number of amides is 1. The summed E-state index contributed by atoms with van der Waals surface area (Å²) in [5, 5.41) is 2.91. The maximum Gasteiger partial charge on any atom is 0.273 e. The van der Waals surface area contributed by atoms with Crippen molar-refractivity contribution in [3.63, 3.8) is 0 Å². The molecule has 1 amide bonds. The molecule has 0 radical (unpaired) electrons. The fraction of sp³-hybridized carbons (Fsp3) is 0.375. The Morgan fingerprint density at radius 3 is 2.86 bits per heavy atom. The van der Waals surface area contributed by atoms with E-state index in [1.54, 1.807) is 10.8 Å². The van der Waals surface area contributed by atoms with Gasteiger partial charge in [-0.1, -0.05) is 0 Å². The second-order valence-electron chi connectivity index (χ2n) is 6.06. The number of aromatic nitrogens is 2. The number of hydrogen-bond acceptors (Lipinski definition) is 3. The lowest BCUT2D eigenvalue weighted by atomic mass is 10.0. The molecule has 2 aromatic rings. The standard InChI is InChI=1S/C16H19N3O2/c1-10-17-9-13(19(10)4)15(20)18-12-5-6-14-11(7-12)8-16(2,3)21-14/h5-7,9H,8H2,1-4H3,(H,18,20). The fourth-order valence-electron chi connectivity index (χ4n) is 2.60. The van der Waals surface area contributed by atoms with Crippen molar-refractivity contribution in [2.24, 2.45) is 7.05 Å². The third-order valence-electron chi connectivity index (χ3n) is 3.77. The maximum atomic E-state index is 12.3. The molecule has 110 valence electrons. The summed E-state index contributed by atoms with van der Waals surface area (Å²) in [6, 6.07) is 5.75. The van der Waals surface area contributed by atoms with Crippen molar-refractivity contribution < 1.29 is 9.53 Å². The van der Waals surface area contributed by atoms with Crippen molar-refractivity contribution in [2.45, 2.75) is 32.8 Å². The Hall–Kier alpha value is -2.30. The van der Waals surface area contributed by atoms with Gasteiger partial charge < -0.3 is 14.6 Å². The van der Waals surface area contributed by atoms with Crippen molar-refractivity contribution in [1.82, 2.24) is 9.55 Å². The molecule has 1 aromatic carbocycles. The lowest BCUT2D eigenvalue weighted by Gasteiger charge is -2.16. The number of fused-ring (bicyclic) bond motifs is 1. The molecule has 1 N–H and O–H groups in total. The highest BCUT2D eigenvalue weighted by Gasteiger charge is 2.30. The number of hydrogen-bond donors (Lipinski definition) is 1. The number of imidazole rings is 1. The van der Waals surface area contributed by atoms with Crippen LogP contribution in [0.3, 0.4) is 0 Å². The minimum absolute atomic E-state index is 0.156. The van der Waals surface area contributed by atoms with Crippen LogP contribution in [0.1, 0.15) is 35.7 Å². The average molecular weight is 285 g/mol. The van der Waals surface area contributed by atoms with Crippen molar-refractivity contribution in [3.05, 3.63) is 41.5 Å². The van der Waals surface area contributed by atoms with Gasteiger partial charge in [-0.15, -0.1) is 0 Å². The van der Waals surface area contributed by atoms with Crippen LogP contribution in [-0.2, 0) is 13.5 Å². The Balaban J connectivity index is 1.81. The zero-order valence-corrected chi connectivity index (χ0v) is 12.7. The number of ether oxygens (including phenoxy) is 1. The van der Waals surface area contributed by atoms with Crippen LogP contribution in [0.2, 0.25) is 0 Å². The number of anilines is 1. The highest BCUT2D eigenvalue weighted by Crippen LogP contribution is 2.36. The maximum absolute atomic E-state index is 12.3. The van der Waals surface area contributed by atoms with E-state index in [1.807, 2.05) is 32.2 Å². The van der Waals surface area contributed by atoms with Gasteiger partial charge in [0.15, 0.2) is 0 Å². The largest absolute Gasteiger partial charge is 0.487 e. The third-order valence-corrected chi connectivity index (χ3v) is 3.77. The summed E-state index contributed by atoms with van der Waals surface area (Å²) in [6.45, 7) is 5.99. The first kappa shape index (κ1) is 13.7. The zero-order valence-electron chi connectivity index (χ0n) is 12.7. The van der Waals surface area contributed by atoms with Crippen molar-refractivity contribution >= 4 is 11.6 Å². The Labute approximate surface area is 124 Å². The Kier molecular flexibility index (Phi) is 3.01. The topological polar surface area (TPSA) is 56.1 Å². The average Bonchev–Trinajstić information content (AvgIpc) is 2.88. The molecule has 5 nitrogen and oxygen atoms in total. The normalized spacial score (nSPS) is 15.4. The molecule has 0 saturated heterocycles. The summed E-state index contributed by atoms with van der Waals surface area (Å²) >= 11 is 0. The predicted octanol–water partition coefficient (Wildman–Crippen LogP) is 2.69. The molecule has 1 aliphatic rings. The predicted molar refractivity (Wildman–Crippen MR) is 80.8 cm³/mol. The highest BCUT2D eigenvalue weighted by molar-refractivity contribution is 6.03. The van der Waals surface area contributed by atoms with E-state index in [4.69, 9.17) is 4.74 Å². The molecule has 1 aromatic heterocycles. The summed E-state index contributed by atoms with van der Waals surface area (Å²) < 4.78 is 7.61. The van der Waals surface area contributed by atoms with Crippen LogP contribution in [0.4, 0.5) is 5.69 Å². The number of benzene rings is 1. The van der Waals surface area contributed by atoms with E-state index in [2.05, 4.69) is 24.1 Å². The van der Waals surface area contributed by atoms with Crippen LogP contribution in [-0.4, -0.2) is 21.1 Å². The van der Waals surface area contributed by atoms with Crippen LogP contribution >= 0.6 is 0 Å². The van der Waals surface area contributed by atoms with E-state index in [1.165, 1.54) is 0 Å². The van der Waals surface area contributed by atoms with Gasteiger partial charge in [-0.25, -0.2) is 4.98 Å². The van der Waals surface area contributed by atoms with Crippen molar-refractivity contribution in [2.75, 3.05) is 5.32 Å².